The van der Waals surface area contributed by atoms with Gasteiger partial charge in [0.05, 0.1) is 0 Å². The summed E-state index contributed by atoms with van der Waals surface area (Å²) in [6.45, 7) is 1.63. The summed E-state index contributed by atoms with van der Waals surface area (Å²) < 4.78 is 0. The number of fused-ring (bicyclic) bond motifs is 2. The third-order valence-corrected chi connectivity index (χ3v) is 5.42. The first-order chi connectivity index (χ1) is 14.9. The zero-order valence-corrected chi connectivity index (χ0v) is 16.7. The van der Waals surface area contributed by atoms with E-state index in [2.05, 4.69) is 91.5 Å². The number of nitrogens with one attached hydrogen (secondary N) is 4. The fourth-order valence-electron chi connectivity index (χ4n) is 3.88. The molecule has 0 saturated carbocycles. The Morgan fingerprint density at radius 1 is 0.667 bits per heavy atom. The van der Waals surface area contributed by atoms with Gasteiger partial charge in [0.25, 0.3) is 0 Å². The third kappa shape index (κ3) is 3.85. The summed E-state index contributed by atoms with van der Waals surface area (Å²) in [6, 6.07) is 18.7. The first-order valence-electron chi connectivity index (χ1n) is 10.3. The van der Waals surface area contributed by atoms with Gasteiger partial charge in [-0.2, -0.15) is 0 Å². The molecule has 6 heteroatoms. The molecule has 30 heavy (non-hydrogen) atoms. The van der Waals surface area contributed by atoms with Crippen LogP contribution in [0.1, 0.15) is 11.1 Å². The highest BCUT2D eigenvalue weighted by molar-refractivity contribution is 5.83. The van der Waals surface area contributed by atoms with Gasteiger partial charge in [-0.15, -0.1) is 0 Å². The lowest BCUT2D eigenvalue weighted by Crippen LogP contribution is -2.09. The summed E-state index contributed by atoms with van der Waals surface area (Å²) in [5.74, 6) is 1.67. The highest BCUT2D eigenvalue weighted by Crippen LogP contribution is 2.19. The van der Waals surface area contributed by atoms with Gasteiger partial charge in [-0.1, -0.05) is 36.4 Å². The van der Waals surface area contributed by atoms with E-state index >= 15 is 0 Å². The summed E-state index contributed by atoms with van der Waals surface area (Å²) in [7, 11) is 0. The predicted octanol–water partition coefficient (Wildman–Crippen LogP) is 4.75. The van der Waals surface area contributed by atoms with Crippen LogP contribution >= 0.6 is 0 Å². The Morgan fingerprint density at radius 3 is 1.70 bits per heavy atom. The van der Waals surface area contributed by atoms with Crippen molar-refractivity contribution in [2.45, 2.75) is 12.8 Å². The molecule has 0 atom stereocenters. The Morgan fingerprint density at radius 2 is 1.17 bits per heavy atom. The van der Waals surface area contributed by atoms with Crippen LogP contribution < -0.4 is 10.6 Å². The van der Waals surface area contributed by atoms with Gasteiger partial charge in [0.2, 0.25) is 0 Å². The Hall–Kier alpha value is -3.80. The molecule has 3 heterocycles. The highest BCUT2D eigenvalue weighted by atomic mass is 15.1. The van der Waals surface area contributed by atoms with E-state index in [-0.39, 0.29) is 0 Å². The van der Waals surface area contributed by atoms with Crippen LogP contribution in [0.2, 0.25) is 0 Å². The second kappa shape index (κ2) is 8.29. The van der Waals surface area contributed by atoms with Crippen molar-refractivity contribution < 1.29 is 0 Å². The maximum atomic E-state index is 4.34. The topological polar surface area (TPSA) is 81.4 Å². The van der Waals surface area contributed by atoms with Crippen LogP contribution in [0.5, 0.6) is 0 Å². The summed E-state index contributed by atoms with van der Waals surface area (Å²) in [5, 5.41) is 9.37. The normalized spacial score (nSPS) is 11.2. The average molecular weight is 396 g/mol. The minimum absolute atomic E-state index is 0.813. The largest absolute Gasteiger partial charge is 0.370 e. The molecule has 4 N–H and O–H groups in total. The summed E-state index contributed by atoms with van der Waals surface area (Å²) in [5.41, 5.74) is 4.97. The van der Waals surface area contributed by atoms with Gasteiger partial charge in [-0.05, 0) is 36.1 Å². The van der Waals surface area contributed by atoms with Gasteiger partial charge < -0.3 is 20.6 Å². The summed E-state index contributed by atoms with van der Waals surface area (Å²) >= 11 is 0. The van der Waals surface area contributed by atoms with E-state index in [4.69, 9.17) is 0 Å². The molecule has 0 saturated heterocycles. The zero-order valence-electron chi connectivity index (χ0n) is 16.7. The minimum Gasteiger partial charge on any atom is -0.370 e. The molecule has 0 amide bonds. The predicted molar refractivity (Wildman–Crippen MR) is 123 cm³/mol. The quantitative estimate of drug-likeness (QED) is 0.305. The molecule has 3 aromatic heterocycles. The summed E-state index contributed by atoms with van der Waals surface area (Å²) in [6.07, 6.45) is 7.63. The van der Waals surface area contributed by atoms with Crippen LogP contribution in [-0.2, 0) is 12.8 Å². The third-order valence-electron chi connectivity index (χ3n) is 5.42. The van der Waals surface area contributed by atoms with E-state index in [0.29, 0.717) is 0 Å². The number of hydrogen-bond donors (Lipinski definition) is 4. The number of rotatable bonds is 8. The molecule has 0 spiro atoms. The number of aromatic amines is 2. The molecule has 0 radical (unpaired) electrons. The zero-order chi connectivity index (χ0) is 20.2. The van der Waals surface area contributed by atoms with Crippen molar-refractivity contribution >= 4 is 33.4 Å². The second-order valence-electron chi connectivity index (χ2n) is 7.36. The smallest absolute Gasteiger partial charge is 0.131 e. The summed E-state index contributed by atoms with van der Waals surface area (Å²) in [4.78, 5) is 15.3. The van der Waals surface area contributed by atoms with E-state index in [0.717, 1.165) is 37.6 Å². The Labute approximate surface area is 174 Å². The molecular weight excluding hydrogens is 372 g/mol. The lowest BCUT2D eigenvalue weighted by molar-refractivity contribution is 0.989. The van der Waals surface area contributed by atoms with E-state index in [1.165, 1.54) is 32.9 Å². The van der Waals surface area contributed by atoms with E-state index in [9.17, 15) is 0 Å². The molecule has 0 unspecified atom stereocenters. The molecule has 150 valence electrons. The second-order valence-corrected chi connectivity index (χ2v) is 7.36. The van der Waals surface area contributed by atoms with E-state index in [1.54, 1.807) is 6.33 Å². The molecule has 0 fully saturated rings. The van der Waals surface area contributed by atoms with E-state index < -0.39 is 0 Å². The lowest BCUT2D eigenvalue weighted by atomic mass is 10.1. The number of nitrogens with zero attached hydrogens (tertiary/aromatic N) is 2. The van der Waals surface area contributed by atoms with Crippen molar-refractivity contribution in [2.75, 3.05) is 23.7 Å². The van der Waals surface area contributed by atoms with Gasteiger partial charge in [0, 0.05) is 53.4 Å². The highest BCUT2D eigenvalue weighted by Gasteiger charge is 2.05. The molecule has 0 aliphatic carbocycles. The monoisotopic (exact) mass is 396 g/mol. The molecule has 5 rings (SSSR count). The van der Waals surface area contributed by atoms with Crippen LogP contribution in [0.3, 0.4) is 0 Å². The number of hydrogen-bond acceptors (Lipinski definition) is 4. The first-order valence-corrected chi connectivity index (χ1v) is 10.3. The molecule has 0 aliphatic heterocycles. The van der Waals surface area contributed by atoms with Crippen molar-refractivity contribution in [3.8, 4) is 0 Å². The molecule has 6 nitrogen and oxygen atoms in total. The maximum absolute atomic E-state index is 4.34. The van der Waals surface area contributed by atoms with Gasteiger partial charge in [-0.25, -0.2) is 9.97 Å². The van der Waals surface area contributed by atoms with Crippen molar-refractivity contribution in [3.63, 3.8) is 0 Å². The fraction of sp³-hybridized carbons (Fsp3) is 0.167. The average Bonchev–Trinajstić information content (AvgIpc) is 3.39. The Bertz CT molecular complexity index is 1170. The van der Waals surface area contributed by atoms with Crippen molar-refractivity contribution in [2.24, 2.45) is 0 Å². The van der Waals surface area contributed by atoms with Gasteiger partial charge >= 0.3 is 0 Å². The van der Waals surface area contributed by atoms with Crippen molar-refractivity contribution in [1.82, 2.24) is 19.9 Å². The number of para-hydroxylation sites is 2. The number of anilines is 2. The fourth-order valence-corrected chi connectivity index (χ4v) is 3.88. The molecule has 5 aromatic rings. The number of aromatic nitrogens is 4. The Kier molecular flexibility index (Phi) is 5.04. The first kappa shape index (κ1) is 18.2. The van der Waals surface area contributed by atoms with Crippen LogP contribution in [0.15, 0.2) is 73.3 Å². The van der Waals surface area contributed by atoms with E-state index in [1.807, 2.05) is 6.07 Å². The van der Waals surface area contributed by atoms with Crippen molar-refractivity contribution in [3.05, 3.63) is 84.4 Å². The van der Waals surface area contributed by atoms with Gasteiger partial charge in [0.15, 0.2) is 0 Å². The minimum atomic E-state index is 0.813. The Balaban J connectivity index is 1.15. The number of benzene rings is 2. The van der Waals surface area contributed by atoms with Crippen LogP contribution in [0, 0.1) is 0 Å². The lowest BCUT2D eigenvalue weighted by Gasteiger charge is -2.08. The van der Waals surface area contributed by atoms with Crippen LogP contribution in [0.25, 0.3) is 21.8 Å². The van der Waals surface area contributed by atoms with Gasteiger partial charge in [-0.3, -0.25) is 0 Å². The number of H-pyrrole nitrogens is 2. The maximum Gasteiger partial charge on any atom is 0.131 e. The van der Waals surface area contributed by atoms with Crippen LogP contribution in [-0.4, -0.2) is 33.0 Å². The van der Waals surface area contributed by atoms with Gasteiger partial charge in [0.1, 0.15) is 18.0 Å². The molecule has 2 aromatic carbocycles. The molecular formula is C24H24N6. The molecule has 0 bridgehead atoms. The standard InChI is InChI=1S/C24H24N6/c1-3-7-21-19(5-1)17(14-27-21)9-11-25-23-13-24(30-16-29-23)26-12-10-18-15-28-22-8-4-2-6-20(18)22/h1-8,13-16,27-28H,9-12H2,(H2,25,26,29,30). The van der Waals surface area contributed by atoms with Crippen molar-refractivity contribution in [1.29, 1.82) is 0 Å². The SMILES string of the molecule is c1ccc2c(CCNc3cc(NCCc4c[nH]c5ccccc45)ncn3)c[nH]c2c1. The van der Waals surface area contributed by atoms with Crippen LogP contribution in [0.4, 0.5) is 11.6 Å². The molecule has 0 aliphatic rings.